The van der Waals surface area contributed by atoms with E-state index in [-0.39, 0.29) is 24.8 Å². The highest BCUT2D eigenvalue weighted by atomic mass is 16.5. The highest BCUT2D eigenvalue weighted by molar-refractivity contribution is 5.72. The second kappa shape index (κ2) is 12.6. The van der Waals surface area contributed by atoms with Crippen molar-refractivity contribution in [3.8, 4) is 0 Å². The topological polar surface area (TPSA) is 69.7 Å². The Morgan fingerprint density at radius 3 is 2.07 bits per heavy atom. The van der Waals surface area contributed by atoms with E-state index >= 15 is 0 Å². The van der Waals surface area contributed by atoms with Crippen molar-refractivity contribution in [3.63, 3.8) is 0 Å². The summed E-state index contributed by atoms with van der Waals surface area (Å²) < 4.78 is 9.07. The number of hydrogen-bond donors (Lipinski definition) is 0. The molecule has 0 heterocycles. The first-order chi connectivity index (χ1) is 7.12. The standard InChI is InChI=1S/C8H14O4.C2H4O/c1-3-12-8(10)6-4-5-7(9)11-2;1-2-3/h3-6H2,1-2H3;2H,1H3. The Labute approximate surface area is 89.7 Å². The van der Waals surface area contributed by atoms with Crippen LogP contribution in [0.4, 0.5) is 0 Å². The summed E-state index contributed by atoms with van der Waals surface area (Å²) in [5, 5.41) is 0. The summed E-state index contributed by atoms with van der Waals surface area (Å²) in [5.41, 5.74) is 0. The molecule has 0 fully saturated rings. The van der Waals surface area contributed by atoms with E-state index in [9.17, 15) is 9.59 Å². The van der Waals surface area contributed by atoms with Crippen molar-refractivity contribution >= 4 is 18.2 Å². The fourth-order valence-electron chi connectivity index (χ4n) is 0.712. The van der Waals surface area contributed by atoms with Gasteiger partial charge in [-0.25, -0.2) is 0 Å². The van der Waals surface area contributed by atoms with Crippen molar-refractivity contribution in [2.45, 2.75) is 33.1 Å². The molecule has 5 nitrogen and oxygen atoms in total. The van der Waals surface area contributed by atoms with Gasteiger partial charge in [0.05, 0.1) is 13.7 Å². The quantitative estimate of drug-likeness (QED) is 0.510. The molecule has 0 unspecified atom stereocenters. The van der Waals surface area contributed by atoms with Gasteiger partial charge >= 0.3 is 11.9 Å². The van der Waals surface area contributed by atoms with Crippen LogP contribution in [0.5, 0.6) is 0 Å². The monoisotopic (exact) mass is 218 g/mol. The van der Waals surface area contributed by atoms with E-state index in [1.807, 2.05) is 0 Å². The number of carbonyl (C=O) groups is 3. The lowest BCUT2D eigenvalue weighted by Crippen LogP contribution is -2.06. The van der Waals surface area contributed by atoms with E-state index in [0.717, 1.165) is 6.29 Å². The minimum absolute atomic E-state index is 0.263. The van der Waals surface area contributed by atoms with E-state index in [0.29, 0.717) is 13.0 Å². The van der Waals surface area contributed by atoms with Crippen LogP contribution in [0.2, 0.25) is 0 Å². The molecule has 0 bridgehead atoms. The molecule has 0 aromatic rings. The van der Waals surface area contributed by atoms with Gasteiger partial charge in [0.1, 0.15) is 6.29 Å². The molecule has 0 radical (unpaired) electrons. The lowest BCUT2D eigenvalue weighted by atomic mass is 10.2. The number of ether oxygens (including phenoxy) is 2. The van der Waals surface area contributed by atoms with Crippen LogP contribution in [0.25, 0.3) is 0 Å². The van der Waals surface area contributed by atoms with Gasteiger partial charge in [-0.3, -0.25) is 9.59 Å². The predicted octanol–water partition coefficient (Wildman–Crippen LogP) is 1.10. The smallest absolute Gasteiger partial charge is 0.305 e. The second-order valence-corrected chi connectivity index (χ2v) is 2.47. The first-order valence-electron chi connectivity index (χ1n) is 4.74. The molecule has 88 valence electrons. The Balaban J connectivity index is 0. The summed E-state index contributed by atoms with van der Waals surface area (Å²) in [4.78, 5) is 30.1. The molecule has 15 heavy (non-hydrogen) atoms. The van der Waals surface area contributed by atoms with Gasteiger partial charge < -0.3 is 14.3 Å². The maximum Gasteiger partial charge on any atom is 0.305 e. The van der Waals surface area contributed by atoms with Gasteiger partial charge in [0.15, 0.2) is 0 Å². The van der Waals surface area contributed by atoms with E-state index in [4.69, 9.17) is 4.79 Å². The molecule has 5 heteroatoms. The van der Waals surface area contributed by atoms with Crippen LogP contribution in [0, 0.1) is 0 Å². The third-order valence-corrected chi connectivity index (χ3v) is 1.29. The maximum atomic E-state index is 10.7. The zero-order valence-corrected chi connectivity index (χ0v) is 9.45. The van der Waals surface area contributed by atoms with Crippen LogP contribution in [0.3, 0.4) is 0 Å². The highest BCUT2D eigenvalue weighted by Crippen LogP contribution is 1.98. The number of aldehydes is 1. The summed E-state index contributed by atoms with van der Waals surface area (Å²) in [6.07, 6.45) is 1.80. The van der Waals surface area contributed by atoms with Crippen molar-refractivity contribution in [3.05, 3.63) is 0 Å². The number of methoxy groups -OCH3 is 1. The molecule has 0 rings (SSSR count). The van der Waals surface area contributed by atoms with Gasteiger partial charge in [0.25, 0.3) is 0 Å². The molecule has 0 atom stereocenters. The molecular formula is C10H18O5. The van der Waals surface area contributed by atoms with Crippen molar-refractivity contribution < 1.29 is 23.9 Å². The fraction of sp³-hybridized carbons (Fsp3) is 0.700. The lowest BCUT2D eigenvalue weighted by Gasteiger charge is -2.00. The average molecular weight is 218 g/mol. The number of hydrogen-bond acceptors (Lipinski definition) is 5. The maximum absolute atomic E-state index is 10.7. The second-order valence-electron chi connectivity index (χ2n) is 2.47. The SMILES string of the molecule is CC=O.CCOC(=O)CCCC(=O)OC. The molecule has 0 aliphatic rings. The molecule has 0 aromatic heterocycles. The molecule has 0 aromatic carbocycles. The predicted molar refractivity (Wildman–Crippen MR) is 54.2 cm³/mol. The number of rotatable bonds is 5. The van der Waals surface area contributed by atoms with Gasteiger partial charge in [-0.1, -0.05) is 0 Å². The Hall–Kier alpha value is -1.39. The van der Waals surface area contributed by atoms with Crippen molar-refractivity contribution in [2.24, 2.45) is 0 Å². The fourth-order valence-corrected chi connectivity index (χ4v) is 0.712. The summed E-state index contributed by atoms with van der Waals surface area (Å²) in [6, 6.07) is 0. The van der Waals surface area contributed by atoms with Gasteiger partial charge in [-0.2, -0.15) is 0 Å². The van der Waals surface area contributed by atoms with Gasteiger partial charge in [0.2, 0.25) is 0 Å². The molecular weight excluding hydrogens is 200 g/mol. The Morgan fingerprint density at radius 2 is 1.67 bits per heavy atom. The van der Waals surface area contributed by atoms with Crippen LogP contribution in [-0.4, -0.2) is 31.9 Å². The van der Waals surface area contributed by atoms with E-state index in [2.05, 4.69) is 9.47 Å². The zero-order chi connectivity index (χ0) is 12.1. The third kappa shape index (κ3) is 15.4. The van der Waals surface area contributed by atoms with Gasteiger partial charge in [0, 0.05) is 12.8 Å². The lowest BCUT2D eigenvalue weighted by molar-refractivity contribution is -0.144. The average Bonchev–Trinajstić information content (AvgIpc) is 2.19. The summed E-state index contributed by atoms with van der Waals surface area (Å²) in [5.74, 6) is -0.555. The summed E-state index contributed by atoms with van der Waals surface area (Å²) in [7, 11) is 1.33. The van der Waals surface area contributed by atoms with Crippen molar-refractivity contribution in [2.75, 3.05) is 13.7 Å². The van der Waals surface area contributed by atoms with Gasteiger partial charge in [-0.15, -0.1) is 0 Å². The minimum atomic E-state index is -0.292. The minimum Gasteiger partial charge on any atom is -0.469 e. The zero-order valence-electron chi connectivity index (χ0n) is 9.45. The Bertz CT molecular complexity index is 188. The Morgan fingerprint density at radius 1 is 1.20 bits per heavy atom. The first-order valence-corrected chi connectivity index (χ1v) is 4.74. The summed E-state index contributed by atoms with van der Waals surface area (Å²) in [6.45, 7) is 3.58. The molecule has 0 saturated carbocycles. The largest absolute Gasteiger partial charge is 0.469 e. The first kappa shape index (κ1) is 16.1. The van der Waals surface area contributed by atoms with Crippen LogP contribution >= 0.6 is 0 Å². The van der Waals surface area contributed by atoms with Crippen LogP contribution in [0.1, 0.15) is 33.1 Å². The molecule has 0 aliphatic heterocycles. The van der Waals surface area contributed by atoms with Crippen LogP contribution < -0.4 is 0 Å². The number of esters is 2. The molecule has 0 N–H and O–H groups in total. The Kier molecular flexibility index (Phi) is 13.5. The number of carbonyl (C=O) groups excluding carboxylic acids is 3. The summed E-state index contributed by atoms with van der Waals surface area (Å²) >= 11 is 0. The van der Waals surface area contributed by atoms with E-state index in [1.165, 1.54) is 14.0 Å². The van der Waals surface area contributed by atoms with Crippen LogP contribution in [-0.2, 0) is 23.9 Å². The van der Waals surface area contributed by atoms with E-state index in [1.54, 1.807) is 6.92 Å². The molecule has 0 amide bonds. The van der Waals surface area contributed by atoms with E-state index < -0.39 is 0 Å². The van der Waals surface area contributed by atoms with Crippen LogP contribution in [0.15, 0.2) is 0 Å². The molecule has 0 saturated heterocycles. The normalized spacial score (nSPS) is 8.20. The van der Waals surface area contributed by atoms with Crippen molar-refractivity contribution in [1.29, 1.82) is 0 Å². The molecule has 0 spiro atoms. The highest BCUT2D eigenvalue weighted by Gasteiger charge is 2.04. The third-order valence-electron chi connectivity index (χ3n) is 1.29. The van der Waals surface area contributed by atoms with Crippen molar-refractivity contribution in [1.82, 2.24) is 0 Å². The molecule has 0 aliphatic carbocycles. The van der Waals surface area contributed by atoms with Gasteiger partial charge in [-0.05, 0) is 20.3 Å².